The van der Waals surface area contributed by atoms with Gasteiger partial charge >= 0.3 is 0 Å². The number of hydrogen-bond donors (Lipinski definition) is 2. The van der Waals surface area contributed by atoms with E-state index in [2.05, 4.69) is 31.5 Å². The van der Waals surface area contributed by atoms with Crippen LogP contribution in [0.1, 0.15) is 16.8 Å². The fourth-order valence-corrected chi connectivity index (χ4v) is 3.07. The molecule has 1 aromatic rings. The van der Waals surface area contributed by atoms with Crippen LogP contribution in [-0.2, 0) is 0 Å². The molecule has 1 aromatic carbocycles. The van der Waals surface area contributed by atoms with Gasteiger partial charge in [0.25, 0.3) is 5.91 Å². The van der Waals surface area contributed by atoms with Crippen LogP contribution in [-0.4, -0.2) is 50.1 Å². The van der Waals surface area contributed by atoms with E-state index in [1.165, 1.54) is 0 Å². The Morgan fingerprint density at radius 1 is 1.38 bits per heavy atom. The number of nitrogens with zero attached hydrogens (tertiary/aromatic N) is 1. The normalized spacial score (nSPS) is 15.3. The van der Waals surface area contributed by atoms with Gasteiger partial charge in [0, 0.05) is 42.2 Å². The maximum absolute atomic E-state index is 12.0. The number of hydrogen-bond acceptors (Lipinski definition) is 3. The molecule has 0 aliphatic carbocycles. The molecule has 1 aliphatic rings. The van der Waals surface area contributed by atoms with Crippen molar-refractivity contribution in [2.75, 3.05) is 39.3 Å². The van der Waals surface area contributed by atoms with Gasteiger partial charge in [-0.1, -0.05) is 11.6 Å². The molecule has 118 valence electrons. The summed E-state index contributed by atoms with van der Waals surface area (Å²) in [6.45, 7) is 6.03. The first-order chi connectivity index (χ1) is 9.66. The molecular weight excluding hydrogens is 377 g/mol. The van der Waals surface area contributed by atoms with E-state index >= 15 is 0 Å². The first kappa shape index (κ1) is 18.7. The minimum Gasteiger partial charge on any atom is -0.352 e. The minimum absolute atomic E-state index is 0. The van der Waals surface area contributed by atoms with Crippen LogP contribution < -0.4 is 10.6 Å². The summed E-state index contributed by atoms with van der Waals surface area (Å²) in [5, 5.41) is 6.89. The average Bonchev–Trinajstić information content (AvgIpc) is 2.44. The summed E-state index contributed by atoms with van der Waals surface area (Å²) in [5.74, 6) is -0.0612. The lowest BCUT2D eigenvalue weighted by atomic mass is 10.2. The van der Waals surface area contributed by atoms with E-state index in [4.69, 9.17) is 11.6 Å². The molecule has 0 spiro atoms. The Bertz CT molecular complexity index is 468. The van der Waals surface area contributed by atoms with Crippen molar-refractivity contribution < 1.29 is 4.79 Å². The molecule has 0 radical (unpaired) electrons. The molecule has 21 heavy (non-hydrogen) atoms. The second kappa shape index (κ2) is 9.64. The van der Waals surface area contributed by atoms with Crippen LogP contribution in [0.4, 0.5) is 0 Å². The average molecular weight is 397 g/mol. The molecule has 7 heteroatoms. The van der Waals surface area contributed by atoms with Gasteiger partial charge in [0.1, 0.15) is 0 Å². The standard InChI is InChI=1S/C14H19BrClN3O.ClH/c15-13-10-11(16)2-3-12(13)14(20)18-4-1-7-19-8-5-17-6-9-19;/h2-3,10,17H,1,4-9H2,(H,18,20);1H. The van der Waals surface area contributed by atoms with E-state index < -0.39 is 0 Å². The van der Waals surface area contributed by atoms with Gasteiger partial charge in [0.05, 0.1) is 5.56 Å². The fraction of sp³-hybridized carbons (Fsp3) is 0.500. The minimum atomic E-state index is -0.0612. The molecule has 1 saturated heterocycles. The second-order valence-corrected chi connectivity index (χ2v) is 6.12. The van der Waals surface area contributed by atoms with Crippen molar-refractivity contribution in [3.63, 3.8) is 0 Å². The van der Waals surface area contributed by atoms with Crippen LogP contribution >= 0.6 is 39.9 Å². The summed E-state index contributed by atoms with van der Waals surface area (Å²) in [5.41, 5.74) is 0.622. The van der Waals surface area contributed by atoms with Crippen LogP contribution in [0.3, 0.4) is 0 Å². The highest BCUT2D eigenvalue weighted by atomic mass is 79.9. The molecule has 1 amide bonds. The van der Waals surface area contributed by atoms with Gasteiger partial charge in [-0.25, -0.2) is 0 Å². The van der Waals surface area contributed by atoms with Crippen molar-refractivity contribution in [1.29, 1.82) is 0 Å². The smallest absolute Gasteiger partial charge is 0.252 e. The number of benzene rings is 1. The number of rotatable bonds is 5. The van der Waals surface area contributed by atoms with Gasteiger partial charge in [-0.2, -0.15) is 0 Å². The number of amides is 1. The van der Waals surface area contributed by atoms with Crippen molar-refractivity contribution in [3.8, 4) is 0 Å². The molecular formula is C14H20BrCl2N3O. The lowest BCUT2D eigenvalue weighted by Crippen LogP contribution is -2.44. The Hall–Kier alpha value is -0.330. The summed E-state index contributed by atoms with van der Waals surface area (Å²) in [4.78, 5) is 14.4. The third-order valence-corrected chi connectivity index (χ3v) is 4.21. The van der Waals surface area contributed by atoms with Crippen LogP contribution in [0.5, 0.6) is 0 Å². The monoisotopic (exact) mass is 395 g/mol. The Labute approximate surface area is 145 Å². The third kappa shape index (κ3) is 6.12. The molecule has 0 bridgehead atoms. The number of halogens is 3. The zero-order valence-electron chi connectivity index (χ0n) is 11.7. The topological polar surface area (TPSA) is 44.4 Å². The lowest BCUT2D eigenvalue weighted by molar-refractivity contribution is 0.0950. The van der Waals surface area contributed by atoms with E-state index in [0.717, 1.165) is 43.6 Å². The number of carbonyl (C=O) groups is 1. The van der Waals surface area contributed by atoms with Gasteiger partial charge in [-0.15, -0.1) is 12.4 Å². The summed E-state index contributed by atoms with van der Waals surface area (Å²) in [6, 6.07) is 5.19. The molecule has 1 heterocycles. The Morgan fingerprint density at radius 2 is 2.10 bits per heavy atom. The third-order valence-electron chi connectivity index (χ3n) is 3.32. The molecule has 1 fully saturated rings. The van der Waals surface area contributed by atoms with E-state index in [1.54, 1.807) is 18.2 Å². The molecule has 2 N–H and O–H groups in total. The Morgan fingerprint density at radius 3 is 2.76 bits per heavy atom. The highest BCUT2D eigenvalue weighted by molar-refractivity contribution is 9.10. The highest BCUT2D eigenvalue weighted by Gasteiger charge is 2.11. The first-order valence-corrected chi connectivity index (χ1v) is 8.00. The first-order valence-electron chi connectivity index (χ1n) is 6.83. The predicted molar refractivity (Wildman–Crippen MR) is 92.7 cm³/mol. The van der Waals surface area contributed by atoms with Crippen LogP contribution in [0.2, 0.25) is 5.02 Å². The predicted octanol–water partition coefficient (Wildman–Crippen LogP) is 2.55. The fourth-order valence-electron chi connectivity index (χ4n) is 2.21. The van der Waals surface area contributed by atoms with Crippen molar-refractivity contribution in [2.24, 2.45) is 0 Å². The molecule has 2 rings (SSSR count). The van der Waals surface area contributed by atoms with E-state index in [1.807, 2.05) is 0 Å². The molecule has 0 atom stereocenters. The van der Waals surface area contributed by atoms with Crippen molar-refractivity contribution in [3.05, 3.63) is 33.3 Å². The van der Waals surface area contributed by atoms with Gasteiger partial charge in [-0.3, -0.25) is 4.79 Å². The second-order valence-electron chi connectivity index (χ2n) is 4.83. The summed E-state index contributed by atoms with van der Waals surface area (Å²) in [6.07, 6.45) is 0.969. The SMILES string of the molecule is Cl.O=C(NCCCN1CCNCC1)c1ccc(Cl)cc1Br. The number of piperazine rings is 1. The van der Waals surface area contributed by atoms with E-state index in [9.17, 15) is 4.79 Å². The van der Waals surface area contributed by atoms with Crippen molar-refractivity contribution in [2.45, 2.75) is 6.42 Å². The van der Waals surface area contributed by atoms with Gasteiger partial charge in [-0.05, 0) is 47.1 Å². The Kier molecular flexibility index (Phi) is 8.59. The number of nitrogens with one attached hydrogen (secondary N) is 2. The van der Waals surface area contributed by atoms with Crippen molar-refractivity contribution in [1.82, 2.24) is 15.5 Å². The van der Waals surface area contributed by atoms with Crippen LogP contribution in [0.25, 0.3) is 0 Å². The Balaban J connectivity index is 0.00000220. The zero-order valence-corrected chi connectivity index (χ0v) is 14.9. The quantitative estimate of drug-likeness (QED) is 0.751. The van der Waals surface area contributed by atoms with Gasteiger partial charge in [0.15, 0.2) is 0 Å². The van der Waals surface area contributed by atoms with Crippen LogP contribution in [0.15, 0.2) is 22.7 Å². The zero-order chi connectivity index (χ0) is 14.4. The van der Waals surface area contributed by atoms with E-state index in [-0.39, 0.29) is 18.3 Å². The largest absolute Gasteiger partial charge is 0.352 e. The summed E-state index contributed by atoms with van der Waals surface area (Å²) >= 11 is 9.22. The maximum Gasteiger partial charge on any atom is 0.252 e. The highest BCUT2D eigenvalue weighted by Crippen LogP contribution is 2.21. The van der Waals surface area contributed by atoms with Crippen LogP contribution in [0, 0.1) is 0 Å². The maximum atomic E-state index is 12.0. The van der Waals surface area contributed by atoms with E-state index in [0.29, 0.717) is 17.1 Å². The number of carbonyl (C=O) groups excluding carboxylic acids is 1. The summed E-state index contributed by atoms with van der Waals surface area (Å²) < 4.78 is 0.726. The summed E-state index contributed by atoms with van der Waals surface area (Å²) in [7, 11) is 0. The molecule has 4 nitrogen and oxygen atoms in total. The lowest BCUT2D eigenvalue weighted by Gasteiger charge is -2.27. The molecule has 0 unspecified atom stereocenters. The van der Waals surface area contributed by atoms with Crippen molar-refractivity contribution >= 4 is 45.8 Å². The molecule has 0 aromatic heterocycles. The van der Waals surface area contributed by atoms with Gasteiger partial charge in [0.2, 0.25) is 0 Å². The van der Waals surface area contributed by atoms with Gasteiger partial charge < -0.3 is 15.5 Å². The molecule has 0 saturated carbocycles. The molecule has 1 aliphatic heterocycles.